The zero-order valence-corrected chi connectivity index (χ0v) is 9.82. The van der Waals surface area contributed by atoms with Crippen LogP contribution in [0, 0.1) is 0 Å². The molecule has 0 radical (unpaired) electrons. The van der Waals surface area contributed by atoms with Crippen LogP contribution in [0.25, 0.3) is 0 Å². The summed E-state index contributed by atoms with van der Waals surface area (Å²) in [7, 11) is 3.46. The van der Waals surface area contributed by atoms with Crippen molar-refractivity contribution in [3.8, 4) is 0 Å². The van der Waals surface area contributed by atoms with E-state index in [9.17, 15) is 4.79 Å². The van der Waals surface area contributed by atoms with Crippen molar-refractivity contribution in [2.24, 2.45) is 0 Å². The SMILES string of the molecule is COCCNC(=O)CN(C)CCC(C)O. The highest BCUT2D eigenvalue weighted by atomic mass is 16.5. The molecule has 1 amide bonds. The summed E-state index contributed by atoms with van der Waals surface area (Å²) in [6, 6.07) is 0. The van der Waals surface area contributed by atoms with Gasteiger partial charge in [0.2, 0.25) is 5.91 Å². The second-order valence-corrected chi connectivity index (χ2v) is 3.72. The second-order valence-electron chi connectivity index (χ2n) is 3.72. The fourth-order valence-corrected chi connectivity index (χ4v) is 1.08. The Morgan fingerprint density at radius 2 is 2.27 bits per heavy atom. The molecule has 1 unspecified atom stereocenters. The zero-order valence-electron chi connectivity index (χ0n) is 9.82. The van der Waals surface area contributed by atoms with E-state index in [2.05, 4.69) is 5.32 Å². The first-order valence-electron chi connectivity index (χ1n) is 5.18. The number of carbonyl (C=O) groups is 1. The van der Waals surface area contributed by atoms with E-state index in [4.69, 9.17) is 9.84 Å². The van der Waals surface area contributed by atoms with Gasteiger partial charge in [-0.15, -0.1) is 0 Å². The van der Waals surface area contributed by atoms with E-state index in [1.54, 1.807) is 14.0 Å². The van der Waals surface area contributed by atoms with Crippen LogP contribution in [-0.4, -0.2) is 62.4 Å². The smallest absolute Gasteiger partial charge is 0.234 e. The highest BCUT2D eigenvalue weighted by Crippen LogP contribution is 1.92. The van der Waals surface area contributed by atoms with Crippen molar-refractivity contribution in [3.63, 3.8) is 0 Å². The van der Waals surface area contributed by atoms with Gasteiger partial charge in [0.1, 0.15) is 0 Å². The molecular weight excluding hydrogens is 196 g/mol. The molecule has 2 N–H and O–H groups in total. The number of carbonyl (C=O) groups excluding carboxylic acids is 1. The highest BCUT2D eigenvalue weighted by molar-refractivity contribution is 5.77. The largest absolute Gasteiger partial charge is 0.393 e. The molecule has 0 saturated heterocycles. The number of nitrogens with one attached hydrogen (secondary N) is 1. The van der Waals surface area contributed by atoms with E-state index in [1.807, 2.05) is 11.9 Å². The number of hydrogen-bond donors (Lipinski definition) is 2. The Hall–Kier alpha value is -0.650. The summed E-state index contributed by atoms with van der Waals surface area (Å²) in [5.41, 5.74) is 0. The molecule has 0 bridgehead atoms. The minimum atomic E-state index is -0.316. The van der Waals surface area contributed by atoms with Gasteiger partial charge in [-0.1, -0.05) is 0 Å². The molecule has 90 valence electrons. The Balaban J connectivity index is 3.49. The minimum absolute atomic E-state index is 0.0138. The molecule has 1 atom stereocenters. The van der Waals surface area contributed by atoms with Crippen LogP contribution >= 0.6 is 0 Å². The van der Waals surface area contributed by atoms with Gasteiger partial charge >= 0.3 is 0 Å². The summed E-state index contributed by atoms with van der Waals surface area (Å²) >= 11 is 0. The monoisotopic (exact) mass is 218 g/mol. The van der Waals surface area contributed by atoms with Crippen LogP contribution in [0.4, 0.5) is 0 Å². The lowest BCUT2D eigenvalue weighted by Gasteiger charge is -2.16. The van der Waals surface area contributed by atoms with Crippen LogP contribution in [0.1, 0.15) is 13.3 Å². The maximum absolute atomic E-state index is 11.3. The Kier molecular flexibility index (Phi) is 8.27. The first kappa shape index (κ1) is 14.3. The van der Waals surface area contributed by atoms with Crippen LogP contribution in [0.2, 0.25) is 0 Å². The van der Waals surface area contributed by atoms with Gasteiger partial charge in [-0.05, 0) is 20.4 Å². The number of amides is 1. The number of aliphatic hydroxyl groups excluding tert-OH is 1. The van der Waals surface area contributed by atoms with Crippen molar-refractivity contribution in [2.75, 3.05) is 40.4 Å². The molecule has 0 fully saturated rings. The number of methoxy groups -OCH3 is 1. The Labute approximate surface area is 91.4 Å². The average molecular weight is 218 g/mol. The van der Waals surface area contributed by atoms with Crippen LogP contribution in [0.3, 0.4) is 0 Å². The van der Waals surface area contributed by atoms with Crippen molar-refractivity contribution in [1.29, 1.82) is 0 Å². The molecule has 15 heavy (non-hydrogen) atoms. The van der Waals surface area contributed by atoms with Gasteiger partial charge in [0.25, 0.3) is 0 Å². The predicted molar refractivity (Wildman–Crippen MR) is 58.7 cm³/mol. The molecule has 0 aliphatic rings. The number of hydrogen-bond acceptors (Lipinski definition) is 4. The molecule has 0 aromatic rings. The molecule has 0 spiro atoms. The summed E-state index contributed by atoms with van der Waals surface area (Å²) in [5, 5.41) is 11.8. The second kappa shape index (κ2) is 8.64. The van der Waals surface area contributed by atoms with Gasteiger partial charge in [0.05, 0.1) is 19.3 Å². The molecule has 0 heterocycles. The molecule has 0 saturated carbocycles. The van der Waals surface area contributed by atoms with Crippen LogP contribution in [0.5, 0.6) is 0 Å². The maximum atomic E-state index is 11.3. The lowest BCUT2D eigenvalue weighted by Crippen LogP contribution is -2.37. The third kappa shape index (κ3) is 9.65. The minimum Gasteiger partial charge on any atom is -0.393 e. The van der Waals surface area contributed by atoms with E-state index >= 15 is 0 Å². The van der Waals surface area contributed by atoms with Crippen molar-refractivity contribution in [1.82, 2.24) is 10.2 Å². The zero-order chi connectivity index (χ0) is 11.7. The molecule has 5 nitrogen and oxygen atoms in total. The van der Waals surface area contributed by atoms with Gasteiger partial charge in [0, 0.05) is 20.2 Å². The van der Waals surface area contributed by atoms with E-state index in [0.717, 1.165) is 6.54 Å². The average Bonchev–Trinajstić information content (AvgIpc) is 2.15. The highest BCUT2D eigenvalue weighted by Gasteiger charge is 2.06. The Morgan fingerprint density at radius 3 is 2.80 bits per heavy atom. The van der Waals surface area contributed by atoms with Crippen LogP contribution in [0.15, 0.2) is 0 Å². The van der Waals surface area contributed by atoms with E-state index in [1.165, 1.54) is 0 Å². The van der Waals surface area contributed by atoms with Gasteiger partial charge in [-0.25, -0.2) is 0 Å². The summed E-state index contributed by atoms with van der Waals surface area (Å²) in [6.45, 7) is 3.89. The fourth-order valence-electron chi connectivity index (χ4n) is 1.08. The lowest BCUT2D eigenvalue weighted by atomic mass is 10.3. The molecule has 0 aromatic carbocycles. The molecule has 0 aromatic heterocycles. The van der Waals surface area contributed by atoms with E-state index in [-0.39, 0.29) is 12.0 Å². The van der Waals surface area contributed by atoms with Crippen LogP contribution < -0.4 is 5.32 Å². The first-order chi connectivity index (χ1) is 7.06. The standard InChI is InChI=1S/C10H22N2O3/c1-9(13)4-6-12(2)8-10(14)11-5-7-15-3/h9,13H,4-8H2,1-3H3,(H,11,14). The molecule has 0 aliphatic heterocycles. The van der Waals surface area contributed by atoms with E-state index in [0.29, 0.717) is 26.1 Å². The van der Waals surface area contributed by atoms with Gasteiger partial charge < -0.3 is 15.2 Å². The quantitative estimate of drug-likeness (QED) is 0.537. The summed E-state index contributed by atoms with van der Waals surface area (Å²) in [5.74, 6) is -0.0138. The molecule has 0 rings (SSSR count). The summed E-state index contributed by atoms with van der Waals surface area (Å²) in [6.07, 6.45) is 0.367. The van der Waals surface area contributed by atoms with Crippen molar-refractivity contribution in [3.05, 3.63) is 0 Å². The third-order valence-corrected chi connectivity index (χ3v) is 1.97. The topological polar surface area (TPSA) is 61.8 Å². The number of ether oxygens (including phenoxy) is 1. The molecular formula is C10H22N2O3. The predicted octanol–water partition coefficient (Wildman–Crippen LogP) is -0.548. The van der Waals surface area contributed by atoms with Gasteiger partial charge in [0.15, 0.2) is 0 Å². The lowest BCUT2D eigenvalue weighted by molar-refractivity contribution is -0.122. The van der Waals surface area contributed by atoms with Gasteiger partial charge in [-0.2, -0.15) is 0 Å². The Morgan fingerprint density at radius 1 is 1.60 bits per heavy atom. The van der Waals surface area contributed by atoms with Crippen LogP contribution in [-0.2, 0) is 9.53 Å². The number of likely N-dealkylation sites (N-methyl/N-ethyl adjacent to an activating group) is 1. The van der Waals surface area contributed by atoms with Crippen molar-refractivity contribution < 1.29 is 14.6 Å². The fraction of sp³-hybridized carbons (Fsp3) is 0.900. The summed E-state index contributed by atoms with van der Waals surface area (Å²) < 4.78 is 4.81. The Bertz CT molecular complexity index is 174. The summed E-state index contributed by atoms with van der Waals surface area (Å²) in [4.78, 5) is 13.2. The maximum Gasteiger partial charge on any atom is 0.234 e. The van der Waals surface area contributed by atoms with Gasteiger partial charge in [-0.3, -0.25) is 9.69 Å². The first-order valence-corrected chi connectivity index (χ1v) is 5.18. The molecule has 0 aliphatic carbocycles. The number of aliphatic hydroxyl groups is 1. The normalized spacial score (nSPS) is 12.9. The van der Waals surface area contributed by atoms with Crippen molar-refractivity contribution >= 4 is 5.91 Å². The van der Waals surface area contributed by atoms with Crippen molar-refractivity contribution in [2.45, 2.75) is 19.4 Å². The number of rotatable bonds is 8. The number of nitrogens with zero attached hydrogens (tertiary/aromatic N) is 1. The molecule has 5 heteroatoms. The third-order valence-electron chi connectivity index (χ3n) is 1.97. The van der Waals surface area contributed by atoms with E-state index < -0.39 is 0 Å².